The van der Waals surface area contributed by atoms with Gasteiger partial charge >= 0.3 is 5.69 Å². The first-order chi connectivity index (χ1) is 24.2. The van der Waals surface area contributed by atoms with Crippen molar-refractivity contribution in [2.24, 2.45) is 0 Å². The van der Waals surface area contributed by atoms with E-state index in [0.29, 0.717) is 21.4 Å². The molecule has 2 aliphatic heterocycles. The number of halogens is 2. The largest absolute Gasteiger partial charge is 0.489 e. The first kappa shape index (κ1) is 33.9. The number of benzene rings is 2. The van der Waals surface area contributed by atoms with Crippen LogP contribution in [-0.4, -0.2) is 96.2 Å². The second-order valence-electron chi connectivity index (χ2n) is 12.3. The van der Waals surface area contributed by atoms with Gasteiger partial charge in [0.05, 0.1) is 35.7 Å². The minimum absolute atomic E-state index is 0.186. The summed E-state index contributed by atoms with van der Waals surface area (Å²) in [6.07, 6.45) is 3.60. The molecular weight excluding hydrogens is 687 g/mol. The third-order valence-electron chi connectivity index (χ3n) is 8.99. The predicted molar refractivity (Wildman–Crippen MR) is 185 cm³/mol. The Morgan fingerprint density at radius 1 is 1.00 bits per heavy atom. The molecule has 0 saturated carbocycles. The average molecular weight is 724 g/mol. The van der Waals surface area contributed by atoms with Crippen LogP contribution in [0.5, 0.6) is 5.75 Å². The monoisotopic (exact) mass is 722 g/mol. The normalized spacial score (nSPS) is 20.6. The van der Waals surface area contributed by atoms with Crippen molar-refractivity contribution in [3.63, 3.8) is 0 Å². The van der Waals surface area contributed by atoms with Crippen LogP contribution in [0.15, 0.2) is 78.2 Å². The van der Waals surface area contributed by atoms with E-state index in [2.05, 4.69) is 35.4 Å². The summed E-state index contributed by atoms with van der Waals surface area (Å²) >= 11 is 12.7. The van der Waals surface area contributed by atoms with Crippen molar-refractivity contribution in [2.75, 3.05) is 49.2 Å². The van der Waals surface area contributed by atoms with Crippen molar-refractivity contribution in [1.29, 1.82) is 0 Å². The van der Waals surface area contributed by atoms with Crippen LogP contribution < -0.4 is 20.2 Å². The van der Waals surface area contributed by atoms with E-state index in [9.17, 15) is 9.90 Å². The number of ether oxygens (including phenoxy) is 3. The summed E-state index contributed by atoms with van der Waals surface area (Å²) in [5.41, 5.74) is 2.12. The number of hydrogen-bond acceptors (Lipinski definition) is 12. The Bertz CT molecular complexity index is 1950. The summed E-state index contributed by atoms with van der Waals surface area (Å²) in [4.78, 5) is 22.0. The highest BCUT2D eigenvalue weighted by molar-refractivity contribution is 6.35. The number of piperazine rings is 1. The van der Waals surface area contributed by atoms with Gasteiger partial charge in [0.15, 0.2) is 0 Å². The molecule has 15 nitrogen and oxygen atoms in total. The standard InChI is InChI=1S/C33H36Cl2N10O5/c1-22(23(2)46)45-32(47)44(21-38-45)26-6-4-25(5-7-26)41-11-13-42(14-12-41)31-10-8-27(16-36-31)48-17-28-18-49-33(50-28,19-43-20-37-39-40-43)29-9-3-24(34)15-30(29)35/h3-10,15-16,20-23,28,46H,11-14,17-19H2,1-2H3/t22?,23?,28-,33-/m1/s1. The third-order valence-corrected chi connectivity index (χ3v) is 9.54. The summed E-state index contributed by atoms with van der Waals surface area (Å²) in [5.74, 6) is 0.261. The molecule has 1 N–H and O–H groups in total. The van der Waals surface area contributed by atoms with Gasteiger partial charge in [-0.25, -0.2) is 23.7 Å². The Labute approximate surface area is 297 Å². The Kier molecular flexibility index (Phi) is 9.75. The van der Waals surface area contributed by atoms with Crippen LogP contribution in [0.4, 0.5) is 11.5 Å². The fourth-order valence-electron chi connectivity index (χ4n) is 6.05. The lowest BCUT2D eigenvalue weighted by Gasteiger charge is -2.36. The van der Waals surface area contributed by atoms with Crippen molar-refractivity contribution >= 4 is 34.7 Å². The predicted octanol–water partition coefficient (Wildman–Crippen LogP) is 3.34. The van der Waals surface area contributed by atoms with Gasteiger partial charge in [-0.05, 0) is 72.8 Å². The Hall–Kier alpha value is -4.54. The molecule has 2 fully saturated rings. The van der Waals surface area contributed by atoms with Gasteiger partial charge in [0, 0.05) is 42.5 Å². The topological polar surface area (TPSA) is 151 Å². The van der Waals surface area contributed by atoms with E-state index >= 15 is 0 Å². The fourth-order valence-corrected chi connectivity index (χ4v) is 6.60. The molecule has 2 unspecified atom stereocenters. The molecule has 7 rings (SSSR count). The molecule has 5 aromatic rings. The highest BCUT2D eigenvalue weighted by Gasteiger charge is 2.46. The van der Waals surface area contributed by atoms with Gasteiger partial charge < -0.3 is 29.1 Å². The number of anilines is 2. The molecule has 262 valence electrons. The van der Waals surface area contributed by atoms with Crippen LogP contribution in [0.25, 0.3) is 5.69 Å². The molecule has 17 heteroatoms. The van der Waals surface area contributed by atoms with Crippen molar-refractivity contribution in [2.45, 2.75) is 44.4 Å². The van der Waals surface area contributed by atoms with E-state index in [1.165, 1.54) is 26.6 Å². The highest BCUT2D eigenvalue weighted by atomic mass is 35.5. The lowest BCUT2D eigenvalue weighted by molar-refractivity contribution is -0.190. The molecule has 5 heterocycles. The van der Waals surface area contributed by atoms with Gasteiger partial charge in [0.25, 0.3) is 0 Å². The number of hydrogen-bond donors (Lipinski definition) is 1. The van der Waals surface area contributed by atoms with Crippen LogP contribution in [0.2, 0.25) is 10.0 Å². The summed E-state index contributed by atoms with van der Waals surface area (Å²) in [7, 11) is 0. The summed E-state index contributed by atoms with van der Waals surface area (Å²) in [6.45, 7) is 7.30. The van der Waals surface area contributed by atoms with Gasteiger partial charge in [-0.15, -0.1) is 5.10 Å². The molecule has 2 saturated heterocycles. The lowest BCUT2D eigenvalue weighted by atomic mass is 10.1. The first-order valence-corrected chi connectivity index (χ1v) is 17.0. The number of tetrazole rings is 1. The zero-order valence-electron chi connectivity index (χ0n) is 27.4. The molecule has 2 aromatic carbocycles. The van der Waals surface area contributed by atoms with E-state index in [1.807, 2.05) is 36.4 Å². The number of aliphatic hydroxyl groups is 1. The van der Waals surface area contributed by atoms with E-state index in [0.717, 1.165) is 43.4 Å². The van der Waals surface area contributed by atoms with Crippen molar-refractivity contribution in [3.05, 3.63) is 99.5 Å². The summed E-state index contributed by atoms with van der Waals surface area (Å²) < 4.78 is 23.0. The quantitative estimate of drug-likeness (QED) is 0.213. The summed E-state index contributed by atoms with van der Waals surface area (Å²) in [6, 6.07) is 16.4. The van der Waals surface area contributed by atoms with Gasteiger partial charge in [0.2, 0.25) is 5.79 Å². The Balaban J connectivity index is 0.924. The van der Waals surface area contributed by atoms with Gasteiger partial charge in [-0.3, -0.25) is 0 Å². The maximum Gasteiger partial charge on any atom is 0.350 e. The van der Waals surface area contributed by atoms with Crippen molar-refractivity contribution < 1.29 is 19.3 Å². The first-order valence-electron chi connectivity index (χ1n) is 16.2. The minimum atomic E-state index is -1.22. The van der Waals surface area contributed by atoms with E-state index in [4.69, 9.17) is 37.4 Å². The van der Waals surface area contributed by atoms with Crippen LogP contribution >= 0.6 is 23.2 Å². The van der Waals surface area contributed by atoms with Crippen molar-refractivity contribution in [3.8, 4) is 11.4 Å². The Morgan fingerprint density at radius 2 is 1.76 bits per heavy atom. The maximum absolute atomic E-state index is 12.8. The number of aromatic nitrogens is 8. The fraction of sp³-hybridized carbons (Fsp3) is 0.394. The summed E-state index contributed by atoms with van der Waals surface area (Å²) in [5, 5.41) is 26.4. The molecule has 0 aliphatic carbocycles. The second-order valence-corrected chi connectivity index (χ2v) is 13.1. The number of nitrogens with zero attached hydrogens (tertiary/aromatic N) is 10. The van der Waals surface area contributed by atoms with E-state index < -0.39 is 24.0 Å². The zero-order chi connectivity index (χ0) is 34.8. The number of aliphatic hydroxyl groups excluding tert-OH is 1. The molecule has 0 radical (unpaired) electrons. The third kappa shape index (κ3) is 7.04. The van der Waals surface area contributed by atoms with Gasteiger partial charge in [0.1, 0.15) is 43.5 Å². The number of pyridine rings is 1. The molecular formula is C33H36Cl2N10O5. The smallest absolute Gasteiger partial charge is 0.350 e. The molecule has 0 bridgehead atoms. The van der Waals surface area contributed by atoms with Crippen molar-refractivity contribution in [1.82, 2.24) is 39.5 Å². The second kappa shape index (κ2) is 14.4. The Morgan fingerprint density at radius 3 is 2.44 bits per heavy atom. The molecule has 50 heavy (non-hydrogen) atoms. The number of rotatable bonds is 11. The average Bonchev–Trinajstić information content (AvgIpc) is 3.88. The molecule has 3 aromatic heterocycles. The van der Waals surface area contributed by atoms with Crippen LogP contribution in [0.3, 0.4) is 0 Å². The maximum atomic E-state index is 12.8. The molecule has 0 spiro atoms. The SMILES string of the molecule is CC(O)C(C)n1ncn(-c2ccc(N3CCN(c4ccc(OC[C@@H]5CO[C@@](Cn6cnnn6)(c6ccc(Cl)cc6Cl)O5)cn4)CC3)cc2)c1=O. The van der Waals surface area contributed by atoms with E-state index in [1.54, 1.807) is 38.2 Å². The van der Waals surface area contributed by atoms with E-state index in [-0.39, 0.29) is 25.4 Å². The zero-order valence-corrected chi connectivity index (χ0v) is 28.9. The van der Waals surface area contributed by atoms with Crippen LogP contribution in [0, 0.1) is 0 Å². The minimum Gasteiger partial charge on any atom is -0.489 e. The lowest BCUT2D eigenvalue weighted by Crippen LogP contribution is -2.46. The molecule has 4 atom stereocenters. The van der Waals surface area contributed by atoms with Crippen LogP contribution in [0.1, 0.15) is 25.5 Å². The van der Waals surface area contributed by atoms with Crippen LogP contribution in [-0.2, 0) is 21.8 Å². The molecule has 0 amide bonds. The van der Waals surface area contributed by atoms with Gasteiger partial charge in [-0.2, -0.15) is 5.10 Å². The molecule has 2 aliphatic rings. The highest BCUT2D eigenvalue weighted by Crippen LogP contribution is 2.40. The van der Waals surface area contributed by atoms with Gasteiger partial charge in [-0.1, -0.05) is 29.3 Å².